The van der Waals surface area contributed by atoms with Crippen LogP contribution in [0.25, 0.3) is 11.3 Å². The number of aromatic nitrogens is 4. The number of hydrogen-bond acceptors (Lipinski definition) is 7. The first-order valence-electron chi connectivity index (χ1n) is 12.7. The molecule has 1 atom stereocenters. The lowest BCUT2D eigenvalue weighted by atomic mass is 10.0. The third-order valence-corrected chi connectivity index (χ3v) is 6.76. The normalized spacial score (nSPS) is 14.5. The Morgan fingerprint density at radius 3 is 2.38 bits per heavy atom. The number of benzene rings is 1. The van der Waals surface area contributed by atoms with E-state index in [1.165, 1.54) is 24.9 Å². The summed E-state index contributed by atoms with van der Waals surface area (Å²) in [7, 11) is 1.33. The smallest absolute Gasteiger partial charge is 0.338 e. The van der Waals surface area contributed by atoms with Crippen LogP contribution < -0.4 is 11.1 Å². The first-order chi connectivity index (χ1) is 19.7. The van der Waals surface area contributed by atoms with Gasteiger partial charge in [-0.3, -0.25) is 19.1 Å². The first-order valence-corrected chi connectivity index (χ1v) is 12.7. The lowest BCUT2D eigenvalue weighted by Gasteiger charge is -2.35. The zero-order chi connectivity index (χ0) is 30.9. The van der Waals surface area contributed by atoms with Gasteiger partial charge in [0.1, 0.15) is 12.4 Å². The second-order valence-electron chi connectivity index (χ2n) is 9.78. The molecule has 0 aliphatic carbocycles. The summed E-state index contributed by atoms with van der Waals surface area (Å²) in [5.74, 6) is -2.80. The quantitative estimate of drug-likeness (QED) is 0.418. The summed E-state index contributed by atoms with van der Waals surface area (Å²) in [5, 5.41) is 14.7. The van der Waals surface area contributed by atoms with Gasteiger partial charge in [0, 0.05) is 45.1 Å². The zero-order valence-corrected chi connectivity index (χ0v) is 22.9. The highest BCUT2D eigenvalue weighted by molar-refractivity contribution is 6.03. The highest BCUT2D eigenvalue weighted by Crippen LogP contribution is 2.36. The van der Waals surface area contributed by atoms with Gasteiger partial charge in [-0.1, -0.05) is 0 Å². The Hall–Kier alpha value is -4.78. The number of amides is 3. The van der Waals surface area contributed by atoms with Crippen LogP contribution in [0.3, 0.4) is 0 Å². The predicted molar refractivity (Wildman–Crippen MR) is 140 cm³/mol. The Morgan fingerprint density at radius 2 is 1.81 bits per heavy atom. The number of alkyl halides is 3. The molecule has 0 bridgehead atoms. The number of nitriles is 1. The molecule has 12 nitrogen and oxygen atoms in total. The van der Waals surface area contributed by atoms with E-state index in [4.69, 9.17) is 11.0 Å². The molecule has 16 heteroatoms. The number of nitrogens with zero attached hydrogens (tertiary/aromatic N) is 7. The molecule has 3 aromatic rings. The van der Waals surface area contributed by atoms with Gasteiger partial charge in [-0.25, -0.2) is 9.37 Å². The number of aryl methyl sites for hydroxylation is 1. The lowest BCUT2D eigenvalue weighted by molar-refractivity contribution is -0.141. The molecule has 3 N–H and O–H groups in total. The van der Waals surface area contributed by atoms with Gasteiger partial charge in [0.2, 0.25) is 5.91 Å². The summed E-state index contributed by atoms with van der Waals surface area (Å²) in [6.07, 6.45) is -2.73. The number of rotatable bonds is 6. The highest BCUT2D eigenvalue weighted by Gasteiger charge is 2.38. The van der Waals surface area contributed by atoms with Gasteiger partial charge in [0.05, 0.1) is 35.1 Å². The molecule has 222 valence electrons. The largest absolute Gasteiger partial charge is 0.435 e. The SMILES string of the molecule is Cc1cc(NC(=O)c2ncc(-c3cn(CC#N)nc3C(F)(F)F)n2C)cc(F)c1C(=O)N1CCN(C(=O)C(C)N)CC1. The fourth-order valence-corrected chi connectivity index (χ4v) is 4.69. The van der Waals surface area contributed by atoms with E-state index in [1.807, 2.05) is 0 Å². The Balaban J connectivity index is 1.52. The molecular formula is C26H27F4N9O3. The van der Waals surface area contributed by atoms with Gasteiger partial charge in [-0.2, -0.15) is 23.5 Å². The fourth-order valence-electron chi connectivity index (χ4n) is 4.69. The molecule has 3 amide bonds. The predicted octanol–water partition coefficient (Wildman–Crippen LogP) is 2.16. The molecule has 2 aromatic heterocycles. The van der Waals surface area contributed by atoms with Crippen LogP contribution in [0.2, 0.25) is 0 Å². The molecule has 1 aliphatic heterocycles. The van der Waals surface area contributed by atoms with Crippen LogP contribution in [0.4, 0.5) is 23.2 Å². The third-order valence-electron chi connectivity index (χ3n) is 6.76. The maximum atomic E-state index is 15.2. The van der Waals surface area contributed by atoms with E-state index in [9.17, 15) is 27.6 Å². The van der Waals surface area contributed by atoms with Crippen LogP contribution in [0.5, 0.6) is 0 Å². The molecule has 0 saturated carbocycles. The summed E-state index contributed by atoms with van der Waals surface area (Å²) in [6.45, 7) is 3.57. The van der Waals surface area contributed by atoms with Crippen molar-refractivity contribution in [1.29, 1.82) is 5.26 Å². The minimum Gasteiger partial charge on any atom is -0.338 e. The van der Waals surface area contributed by atoms with Crippen LogP contribution in [-0.2, 0) is 24.6 Å². The van der Waals surface area contributed by atoms with E-state index in [1.54, 1.807) is 17.9 Å². The van der Waals surface area contributed by atoms with Crippen molar-refractivity contribution >= 4 is 23.4 Å². The molecule has 1 aliphatic rings. The van der Waals surface area contributed by atoms with E-state index < -0.39 is 42.1 Å². The fraction of sp³-hybridized carbons (Fsp3) is 0.385. The van der Waals surface area contributed by atoms with Gasteiger partial charge < -0.3 is 25.4 Å². The second-order valence-corrected chi connectivity index (χ2v) is 9.78. The van der Waals surface area contributed by atoms with E-state index >= 15 is 4.39 Å². The highest BCUT2D eigenvalue weighted by atomic mass is 19.4. The second kappa shape index (κ2) is 11.6. The van der Waals surface area contributed by atoms with Crippen LogP contribution in [0, 0.1) is 24.1 Å². The van der Waals surface area contributed by atoms with Gasteiger partial charge in [-0.15, -0.1) is 0 Å². The van der Waals surface area contributed by atoms with Crippen molar-refractivity contribution in [3.8, 4) is 17.3 Å². The molecule has 1 aromatic carbocycles. The summed E-state index contributed by atoms with van der Waals surface area (Å²) >= 11 is 0. The number of nitrogens with two attached hydrogens (primary N) is 1. The molecule has 1 fully saturated rings. The van der Waals surface area contributed by atoms with Crippen molar-refractivity contribution in [3.63, 3.8) is 0 Å². The number of anilines is 1. The molecule has 0 radical (unpaired) electrons. The monoisotopic (exact) mass is 589 g/mol. The Labute approximate surface area is 237 Å². The van der Waals surface area contributed by atoms with Crippen LogP contribution in [0.1, 0.15) is 39.2 Å². The molecule has 42 heavy (non-hydrogen) atoms. The van der Waals surface area contributed by atoms with Gasteiger partial charge in [0.25, 0.3) is 11.8 Å². The molecule has 3 heterocycles. The average molecular weight is 590 g/mol. The molecular weight excluding hydrogens is 562 g/mol. The van der Waals surface area contributed by atoms with Crippen molar-refractivity contribution in [2.24, 2.45) is 12.8 Å². The average Bonchev–Trinajstić information content (AvgIpc) is 3.51. The summed E-state index contributed by atoms with van der Waals surface area (Å²) in [5.41, 5.74) is 3.99. The van der Waals surface area contributed by atoms with Crippen molar-refractivity contribution in [3.05, 3.63) is 53.0 Å². The molecule has 4 rings (SSSR count). The van der Waals surface area contributed by atoms with E-state index in [-0.39, 0.29) is 66.0 Å². The van der Waals surface area contributed by atoms with Gasteiger partial charge in [0.15, 0.2) is 11.5 Å². The van der Waals surface area contributed by atoms with Crippen LogP contribution in [-0.4, -0.2) is 79.1 Å². The van der Waals surface area contributed by atoms with Crippen molar-refractivity contribution < 1.29 is 31.9 Å². The number of nitrogens with one attached hydrogen (secondary N) is 1. The van der Waals surface area contributed by atoms with Gasteiger partial charge in [-0.05, 0) is 31.5 Å². The van der Waals surface area contributed by atoms with Crippen molar-refractivity contribution in [1.82, 2.24) is 29.1 Å². The number of hydrogen-bond donors (Lipinski definition) is 2. The van der Waals surface area contributed by atoms with E-state index in [0.29, 0.717) is 0 Å². The minimum absolute atomic E-state index is 0.00118. The number of carbonyl (C=O) groups is 3. The molecule has 1 unspecified atom stereocenters. The topological polar surface area (TPSA) is 155 Å². The zero-order valence-electron chi connectivity index (χ0n) is 22.9. The summed E-state index contributed by atoms with van der Waals surface area (Å²) in [4.78, 5) is 45.1. The number of halogens is 4. The first kappa shape index (κ1) is 30.2. The third kappa shape index (κ3) is 5.96. The summed E-state index contributed by atoms with van der Waals surface area (Å²) in [6, 6.07) is 3.40. The van der Waals surface area contributed by atoms with E-state index in [0.717, 1.165) is 27.7 Å². The van der Waals surface area contributed by atoms with E-state index in [2.05, 4.69) is 15.4 Å². The van der Waals surface area contributed by atoms with Crippen molar-refractivity contribution in [2.45, 2.75) is 32.6 Å². The maximum absolute atomic E-state index is 15.2. The standard InChI is InChI=1S/C26H27F4N9O3/c1-14-10-16(11-18(27)20(14)25(42)38-8-6-37(7-9-38)24(41)15(2)32)34-23(40)22-33-12-19(36(22)3)17-13-39(5-4-31)35-21(17)26(28,29)30/h10-13,15H,5-9,32H2,1-3H3,(H,34,40). The minimum atomic E-state index is -4.83. The Morgan fingerprint density at radius 1 is 1.17 bits per heavy atom. The number of imidazole rings is 1. The van der Waals surface area contributed by atoms with Crippen LogP contribution in [0.15, 0.2) is 24.5 Å². The molecule has 1 saturated heterocycles. The number of carbonyl (C=O) groups excluding carboxylic acids is 3. The van der Waals surface area contributed by atoms with Crippen molar-refractivity contribution in [2.75, 3.05) is 31.5 Å². The van der Waals surface area contributed by atoms with Gasteiger partial charge >= 0.3 is 6.18 Å². The summed E-state index contributed by atoms with van der Waals surface area (Å²) < 4.78 is 57.9. The Bertz CT molecular complexity index is 1560. The number of piperazine rings is 1. The van der Waals surface area contributed by atoms with Crippen LogP contribution >= 0.6 is 0 Å². The Kier molecular flexibility index (Phi) is 8.34. The molecule has 0 spiro atoms. The maximum Gasteiger partial charge on any atom is 0.435 e. The lowest BCUT2D eigenvalue weighted by Crippen LogP contribution is -2.53.